The van der Waals surface area contributed by atoms with Crippen molar-refractivity contribution in [3.63, 3.8) is 0 Å². The molecule has 0 aromatic heterocycles. The van der Waals surface area contributed by atoms with E-state index in [0.717, 1.165) is 30.6 Å². The molecule has 0 bridgehead atoms. The molecule has 14 heavy (non-hydrogen) atoms. The van der Waals surface area contributed by atoms with Crippen LogP contribution in [-0.4, -0.2) is 29.2 Å². The molecule has 0 aliphatic carbocycles. The van der Waals surface area contributed by atoms with E-state index < -0.39 is 6.10 Å². The first-order valence-electron chi connectivity index (χ1n) is 5.64. The van der Waals surface area contributed by atoms with Crippen molar-refractivity contribution in [2.45, 2.75) is 39.7 Å². The highest BCUT2D eigenvalue weighted by molar-refractivity contribution is 5.00. The molecule has 0 radical (unpaired) electrons. The second-order valence-corrected chi connectivity index (χ2v) is 4.74. The van der Waals surface area contributed by atoms with Gasteiger partial charge in [-0.05, 0) is 31.6 Å². The van der Waals surface area contributed by atoms with E-state index in [4.69, 9.17) is 0 Å². The van der Waals surface area contributed by atoms with Crippen molar-refractivity contribution < 1.29 is 5.11 Å². The molecule has 0 aromatic rings. The van der Waals surface area contributed by atoms with Crippen molar-refractivity contribution in [2.75, 3.05) is 13.1 Å². The monoisotopic (exact) mass is 197 g/mol. The highest BCUT2D eigenvalue weighted by Crippen LogP contribution is 2.26. The van der Waals surface area contributed by atoms with Crippen LogP contribution in [0.3, 0.4) is 0 Å². The smallest absolute Gasteiger partial charge is 0.0902 e. The molecule has 0 unspecified atom stereocenters. The second-order valence-electron chi connectivity index (χ2n) is 4.74. The standard InChI is InChI=1S/C12H23NO/c1-9(2)12-5-7-13(8-6-12)10(3)11(4)14/h9,11-12,14H,3,5-8H2,1-2,4H3/t11-/m0/s1. The van der Waals surface area contributed by atoms with E-state index in [1.807, 2.05) is 0 Å². The molecule has 2 heteroatoms. The normalized spacial score (nSPS) is 21.4. The van der Waals surface area contributed by atoms with Crippen molar-refractivity contribution in [3.05, 3.63) is 12.3 Å². The van der Waals surface area contributed by atoms with Gasteiger partial charge in [-0.1, -0.05) is 20.4 Å². The number of nitrogens with zero attached hydrogens (tertiary/aromatic N) is 1. The van der Waals surface area contributed by atoms with Gasteiger partial charge in [0.25, 0.3) is 0 Å². The SMILES string of the molecule is C=C([C@H](C)O)N1CCC(C(C)C)CC1. The Morgan fingerprint density at radius 3 is 2.14 bits per heavy atom. The summed E-state index contributed by atoms with van der Waals surface area (Å²) in [5.74, 6) is 1.64. The maximum atomic E-state index is 9.41. The predicted octanol–water partition coefficient (Wildman–Crippen LogP) is 2.25. The van der Waals surface area contributed by atoms with Crippen molar-refractivity contribution in [1.82, 2.24) is 4.90 Å². The lowest BCUT2D eigenvalue weighted by atomic mass is 9.86. The van der Waals surface area contributed by atoms with Crippen molar-refractivity contribution in [2.24, 2.45) is 11.8 Å². The number of piperidine rings is 1. The largest absolute Gasteiger partial charge is 0.387 e. The first kappa shape index (κ1) is 11.6. The van der Waals surface area contributed by atoms with E-state index in [1.54, 1.807) is 6.92 Å². The van der Waals surface area contributed by atoms with Crippen LogP contribution < -0.4 is 0 Å². The minimum absolute atomic E-state index is 0.398. The number of likely N-dealkylation sites (tertiary alicyclic amines) is 1. The molecule has 1 rings (SSSR count). The van der Waals surface area contributed by atoms with Crippen LogP contribution in [0.25, 0.3) is 0 Å². The molecule has 0 amide bonds. The summed E-state index contributed by atoms with van der Waals surface area (Å²) in [6.45, 7) is 12.4. The van der Waals surface area contributed by atoms with Gasteiger partial charge in [0.1, 0.15) is 0 Å². The number of rotatable bonds is 3. The third-order valence-electron chi connectivity index (χ3n) is 3.37. The highest BCUT2D eigenvalue weighted by atomic mass is 16.3. The molecule has 2 nitrogen and oxygen atoms in total. The molecule has 1 N–H and O–H groups in total. The Balaban J connectivity index is 2.39. The van der Waals surface area contributed by atoms with Crippen molar-refractivity contribution in [3.8, 4) is 0 Å². The molecule has 1 aliphatic heterocycles. The molecular weight excluding hydrogens is 174 g/mol. The Bertz CT molecular complexity index is 190. The summed E-state index contributed by atoms with van der Waals surface area (Å²) >= 11 is 0. The molecular formula is C12H23NO. The van der Waals surface area contributed by atoms with E-state index >= 15 is 0 Å². The highest BCUT2D eigenvalue weighted by Gasteiger charge is 2.23. The van der Waals surface area contributed by atoms with E-state index in [9.17, 15) is 5.11 Å². The molecule has 0 spiro atoms. The fraction of sp³-hybridized carbons (Fsp3) is 0.833. The van der Waals surface area contributed by atoms with E-state index in [0.29, 0.717) is 0 Å². The molecule has 1 saturated heterocycles. The summed E-state index contributed by atoms with van der Waals surface area (Å²) in [6.07, 6.45) is 2.08. The lowest BCUT2D eigenvalue weighted by Crippen LogP contribution is -2.37. The molecule has 1 heterocycles. The lowest BCUT2D eigenvalue weighted by molar-refractivity contribution is 0.137. The van der Waals surface area contributed by atoms with Gasteiger partial charge in [-0.15, -0.1) is 0 Å². The molecule has 0 aromatic carbocycles. The zero-order valence-electron chi connectivity index (χ0n) is 9.66. The Morgan fingerprint density at radius 1 is 1.29 bits per heavy atom. The number of aliphatic hydroxyl groups excluding tert-OH is 1. The van der Waals surface area contributed by atoms with Crippen LogP contribution in [-0.2, 0) is 0 Å². The molecule has 0 saturated carbocycles. The zero-order valence-corrected chi connectivity index (χ0v) is 9.66. The van der Waals surface area contributed by atoms with Crippen LogP contribution in [0.15, 0.2) is 12.3 Å². The Kier molecular flexibility index (Phi) is 3.99. The van der Waals surface area contributed by atoms with Gasteiger partial charge in [-0.3, -0.25) is 0 Å². The van der Waals surface area contributed by atoms with Crippen molar-refractivity contribution >= 4 is 0 Å². The van der Waals surface area contributed by atoms with Crippen molar-refractivity contribution in [1.29, 1.82) is 0 Å². The second kappa shape index (κ2) is 4.83. The molecule has 1 aliphatic rings. The number of hydrogen-bond donors (Lipinski definition) is 1. The summed E-state index contributed by atoms with van der Waals surface area (Å²) in [4.78, 5) is 2.23. The third-order valence-corrected chi connectivity index (χ3v) is 3.37. The maximum Gasteiger partial charge on any atom is 0.0902 e. The first-order chi connectivity index (χ1) is 6.52. The molecule has 82 valence electrons. The summed E-state index contributed by atoms with van der Waals surface area (Å²) in [6, 6.07) is 0. The minimum atomic E-state index is -0.398. The summed E-state index contributed by atoms with van der Waals surface area (Å²) in [7, 11) is 0. The van der Waals surface area contributed by atoms with E-state index in [1.165, 1.54) is 12.8 Å². The first-order valence-corrected chi connectivity index (χ1v) is 5.64. The Morgan fingerprint density at radius 2 is 1.79 bits per heavy atom. The van der Waals surface area contributed by atoms with Gasteiger partial charge < -0.3 is 10.0 Å². The third kappa shape index (κ3) is 2.74. The topological polar surface area (TPSA) is 23.5 Å². The van der Waals surface area contributed by atoms with E-state index in [2.05, 4.69) is 25.3 Å². The Hall–Kier alpha value is -0.500. The molecule has 1 atom stereocenters. The summed E-state index contributed by atoms with van der Waals surface area (Å²) in [5, 5.41) is 9.41. The van der Waals surface area contributed by atoms with Crippen LogP contribution in [0.2, 0.25) is 0 Å². The predicted molar refractivity (Wildman–Crippen MR) is 60.0 cm³/mol. The van der Waals surface area contributed by atoms with Crippen LogP contribution in [0.5, 0.6) is 0 Å². The van der Waals surface area contributed by atoms with Gasteiger partial charge in [-0.2, -0.15) is 0 Å². The molecule has 1 fully saturated rings. The van der Waals surface area contributed by atoms with Crippen LogP contribution in [0.1, 0.15) is 33.6 Å². The average molecular weight is 197 g/mol. The summed E-state index contributed by atoms with van der Waals surface area (Å²) in [5.41, 5.74) is 0.882. The Labute approximate surface area is 87.6 Å². The minimum Gasteiger partial charge on any atom is -0.387 e. The van der Waals surface area contributed by atoms with E-state index in [-0.39, 0.29) is 0 Å². The fourth-order valence-corrected chi connectivity index (χ4v) is 2.12. The van der Waals surface area contributed by atoms with Gasteiger partial charge in [-0.25, -0.2) is 0 Å². The number of aliphatic hydroxyl groups is 1. The number of hydrogen-bond acceptors (Lipinski definition) is 2. The van der Waals surface area contributed by atoms with Gasteiger partial charge >= 0.3 is 0 Å². The maximum absolute atomic E-state index is 9.41. The zero-order chi connectivity index (χ0) is 10.7. The van der Waals surface area contributed by atoms with Gasteiger partial charge in [0.2, 0.25) is 0 Å². The summed E-state index contributed by atoms with van der Waals surface area (Å²) < 4.78 is 0. The van der Waals surface area contributed by atoms with Crippen LogP contribution in [0.4, 0.5) is 0 Å². The van der Waals surface area contributed by atoms with Gasteiger partial charge in [0.05, 0.1) is 6.10 Å². The lowest BCUT2D eigenvalue weighted by Gasteiger charge is -2.37. The van der Waals surface area contributed by atoms with Gasteiger partial charge in [0.15, 0.2) is 0 Å². The van der Waals surface area contributed by atoms with Gasteiger partial charge in [0, 0.05) is 18.8 Å². The average Bonchev–Trinajstić information content (AvgIpc) is 2.16. The van der Waals surface area contributed by atoms with Crippen LogP contribution in [0, 0.1) is 11.8 Å². The van der Waals surface area contributed by atoms with Crippen LogP contribution >= 0.6 is 0 Å². The fourth-order valence-electron chi connectivity index (χ4n) is 2.12. The quantitative estimate of drug-likeness (QED) is 0.750.